The summed E-state index contributed by atoms with van der Waals surface area (Å²) in [5.74, 6) is -0.0625. The Balaban J connectivity index is 2.75. The van der Waals surface area contributed by atoms with Crippen molar-refractivity contribution < 1.29 is 8.42 Å². The Labute approximate surface area is 89.2 Å². The molecule has 0 aliphatic carbocycles. The van der Waals surface area contributed by atoms with Crippen molar-refractivity contribution in [2.24, 2.45) is 5.73 Å². The Morgan fingerprint density at radius 1 is 1.77 bits per heavy atom. The third kappa shape index (κ3) is 3.72. The van der Waals surface area contributed by atoms with Gasteiger partial charge in [-0.2, -0.15) is 0 Å². The molecule has 0 aromatic carbocycles. The zero-order valence-electron chi connectivity index (χ0n) is 6.90. The van der Waals surface area contributed by atoms with Crippen LogP contribution in [0, 0.1) is 0 Å². The number of nitrogens with zero attached hydrogens (tertiary/aromatic N) is 1. The summed E-state index contributed by atoms with van der Waals surface area (Å²) in [4.78, 5) is 4.04. The lowest BCUT2D eigenvalue weighted by atomic mass is 10.4. The second-order valence-corrected chi connectivity index (χ2v) is 6.59. The zero-order valence-corrected chi connectivity index (χ0v) is 10.1. The molecular weight excluding hydrogens is 276 g/mol. The van der Waals surface area contributed by atoms with Crippen molar-refractivity contribution in [1.29, 1.82) is 0 Å². The highest BCUT2D eigenvalue weighted by molar-refractivity contribution is 9.10. The van der Waals surface area contributed by atoms with Gasteiger partial charge in [-0.25, -0.2) is 13.4 Å². The molecule has 0 saturated heterocycles. The standard InChI is InChI=1S/C6H9BrN2O2S2/c1-13(10,11)3-4(8)6-9-5(7)2-12-6/h2,4H,3,8H2,1H3. The topological polar surface area (TPSA) is 73.0 Å². The molecule has 74 valence electrons. The van der Waals surface area contributed by atoms with Crippen molar-refractivity contribution in [2.45, 2.75) is 6.04 Å². The first kappa shape index (κ1) is 11.1. The molecule has 1 rings (SSSR count). The molecule has 1 unspecified atom stereocenters. The molecular formula is C6H9BrN2O2S2. The molecule has 1 aromatic rings. The van der Waals surface area contributed by atoms with Crippen LogP contribution in [0.25, 0.3) is 0 Å². The minimum Gasteiger partial charge on any atom is -0.321 e. The van der Waals surface area contributed by atoms with Crippen LogP contribution in [0.4, 0.5) is 0 Å². The third-order valence-corrected chi connectivity index (χ3v) is 3.94. The quantitative estimate of drug-likeness (QED) is 0.897. The zero-order chi connectivity index (χ0) is 10.1. The number of thiazole rings is 1. The van der Waals surface area contributed by atoms with E-state index in [1.807, 2.05) is 0 Å². The molecule has 1 aromatic heterocycles. The highest BCUT2D eigenvalue weighted by atomic mass is 79.9. The van der Waals surface area contributed by atoms with E-state index in [1.165, 1.54) is 11.3 Å². The maximum atomic E-state index is 10.9. The minimum absolute atomic E-state index is 0.0625. The van der Waals surface area contributed by atoms with Gasteiger partial charge in [0.05, 0.1) is 11.8 Å². The monoisotopic (exact) mass is 284 g/mol. The molecule has 13 heavy (non-hydrogen) atoms. The predicted molar refractivity (Wildman–Crippen MR) is 56.5 cm³/mol. The van der Waals surface area contributed by atoms with Crippen molar-refractivity contribution >= 4 is 37.1 Å². The Morgan fingerprint density at radius 2 is 2.38 bits per heavy atom. The van der Waals surface area contributed by atoms with E-state index in [4.69, 9.17) is 5.73 Å². The van der Waals surface area contributed by atoms with E-state index in [0.29, 0.717) is 9.61 Å². The predicted octanol–water partition coefficient (Wildman–Crippen LogP) is 0.950. The lowest BCUT2D eigenvalue weighted by Crippen LogP contribution is -2.20. The molecule has 1 heterocycles. The fourth-order valence-electron chi connectivity index (χ4n) is 0.835. The van der Waals surface area contributed by atoms with Gasteiger partial charge in [0, 0.05) is 11.6 Å². The average molecular weight is 285 g/mol. The Morgan fingerprint density at radius 3 is 2.77 bits per heavy atom. The van der Waals surface area contributed by atoms with Gasteiger partial charge in [-0.15, -0.1) is 11.3 Å². The molecule has 0 saturated carbocycles. The van der Waals surface area contributed by atoms with Crippen molar-refractivity contribution in [3.63, 3.8) is 0 Å². The summed E-state index contributed by atoms with van der Waals surface area (Å²) in [6.07, 6.45) is 1.16. The van der Waals surface area contributed by atoms with Gasteiger partial charge in [0.15, 0.2) is 0 Å². The molecule has 0 aliphatic rings. The molecule has 0 amide bonds. The van der Waals surface area contributed by atoms with Gasteiger partial charge in [-0.05, 0) is 15.9 Å². The smallest absolute Gasteiger partial charge is 0.149 e. The molecule has 0 fully saturated rings. The van der Waals surface area contributed by atoms with E-state index in [0.717, 1.165) is 6.26 Å². The molecule has 2 N–H and O–H groups in total. The van der Waals surface area contributed by atoms with Crippen LogP contribution in [-0.4, -0.2) is 25.4 Å². The fourth-order valence-corrected chi connectivity index (χ4v) is 3.02. The number of rotatable bonds is 3. The normalized spacial score (nSPS) is 14.4. The van der Waals surface area contributed by atoms with Gasteiger partial charge in [-0.1, -0.05) is 0 Å². The summed E-state index contributed by atoms with van der Waals surface area (Å²) in [5, 5.41) is 2.41. The molecule has 1 atom stereocenters. The van der Waals surface area contributed by atoms with Crippen LogP contribution in [0.15, 0.2) is 9.98 Å². The van der Waals surface area contributed by atoms with Gasteiger partial charge < -0.3 is 5.73 Å². The van der Waals surface area contributed by atoms with Crippen molar-refractivity contribution in [2.75, 3.05) is 12.0 Å². The summed E-state index contributed by atoms with van der Waals surface area (Å²) in [6.45, 7) is 0. The summed E-state index contributed by atoms with van der Waals surface area (Å²) in [6, 6.07) is -0.522. The number of aromatic nitrogens is 1. The van der Waals surface area contributed by atoms with Crippen LogP contribution in [0.2, 0.25) is 0 Å². The number of nitrogens with two attached hydrogens (primary N) is 1. The first-order valence-corrected chi connectivity index (χ1v) is 7.16. The SMILES string of the molecule is CS(=O)(=O)CC(N)c1nc(Br)cs1. The fraction of sp³-hybridized carbons (Fsp3) is 0.500. The van der Waals surface area contributed by atoms with E-state index in [-0.39, 0.29) is 5.75 Å². The van der Waals surface area contributed by atoms with Crippen LogP contribution >= 0.6 is 27.3 Å². The first-order valence-electron chi connectivity index (χ1n) is 3.43. The van der Waals surface area contributed by atoms with Crippen molar-refractivity contribution in [3.8, 4) is 0 Å². The largest absolute Gasteiger partial charge is 0.321 e. The molecule has 0 radical (unpaired) electrons. The molecule has 0 spiro atoms. The first-order chi connectivity index (χ1) is 5.88. The lowest BCUT2D eigenvalue weighted by Gasteiger charge is -2.05. The number of halogens is 1. The van der Waals surface area contributed by atoms with Crippen LogP contribution in [0.1, 0.15) is 11.0 Å². The molecule has 4 nitrogen and oxygen atoms in total. The maximum Gasteiger partial charge on any atom is 0.149 e. The van der Waals surface area contributed by atoms with Gasteiger partial charge in [0.25, 0.3) is 0 Å². The van der Waals surface area contributed by atoms with Crippen LogP contribution < -0.4 is 5.73 Å². The number of hydrogen-bond acceptors (Lipinski definition) is 5. The van der Waals surface area contributed by atoms with E-state index < -0.39 is 15.9 Å². The second-order valence-electron chi connectivity index (χ2n) is 2.71. The maximum absolute atomic E-state index is 10.9. The Kier molecular flexibility index (Phi) is 3.44. The summed E-state index contributed by atoms with van der Waals surface area (Å²) in [5.41, 5.74) is 5.64. The number of sulfone groups is 1. The molecule has 0 aliphatic heterocycles. The van der Waals surface area contributed by atoms with Crippen molar-refractivity contribution in [3.05, 3.63) is 15.0 Å². The van der Waals surface area contributed by atoms with E-state index >= 15 is 0 Å². The van der Waals surface area contributed by atoms with Gasteiger partial charge >= 0.3 is 0 Å². The van der Waals surface area contributed by atoms with E-state index in [1.54, 1.807) is 5.38 Å². The number of hydrogen-bond donors (Lipinski definition) is 1. The summed E-state index contributed by atoms with van der Waals surface area (Å²) in [7, 11) is -3.04. The molecule has 7 heteroatoms. The van der Waals surface area contributed by atoms with Gasteiger partial charge in [0.2, 0.25) is 0 Å². The molecule has 0 bridgehead atoms. The average Bonchev–Trinajstić information content (AvgIpc) is 2.31. The summed E-state index contributed by atoms with van der Waals surface area (Å²) >= 11 is 4.53. The Hall–Kier alpha value is 0.0200. The minimum atomic E-state index is -3.04. The Bertz CT molecular complexity index is 387. The second kappa shape index (κ2) is 4.04. The van der Waals surface area contributed by atoms with Crippen molar-refractivity contribution in [1.82, 2.24) is 4.98 Å². The van der Waals surface area contributed by atoms with E-state index in [2.05, 4.69) is 20.9 Å². The third-order valence-electron chi connectivity index (χ3n) is 1.29. The van der Waals surface area contributed by atoms with E-state index in [9.17, 15) is 8.42 Å². The van der Waals surface area contributed by atoms with Crippen LogP contribution in [-0.2, 0) is 9.84 Å². The van der Waals surface area contributed by atoms with Crippen LogP contribution in [0.3, 0.4) is 0 Å². The highest BCUT2D eigenvalue weighted by Gasteiger charge is 2.15. The summed E-state index contributed by atoms with van der Waals surface area (Å²) < 4.78 is 22.5. The van der Waals surface area contributed by atoms with Gasteiger partial charge in [-0.3, -0.25) is 0 Å². The van der Waals surface area contributed by atoms with Crippen LogP contribution in [0.5, 0.6) is 0 Å². The lowest BCUT2D eigenvalue weighted by molar-refractivity contribution is 0.594. The van der Waals surface area contributed by atoms with Gasteiger partial charge in [0.1, 0.15) is 19.4 Å². The highest BCUT2D eigenvalue weighted by Crippen LogP contribution is 2.20.